The lowest BCUT2D eigenvalue weighted by molar-refractivity contribution is -0.144. The number of ether oxygens (including phenoxy) is 2. The molecule has 0 amide bonds. The summed E-state index contributed by atoms with van der Waals surface area (Å²) < 4.78 is 11.4. The number of aldehydes is 1. The maximum atomic E-state index is 13.5. The second kappa shape index (κ2) is 12.6. The Bertz CT molecular complexity index is 1280. The molecule has 1 heterocycles. The van der Waals surface area contributed by atoms with Crippen molar-refractivity contribution in [1.29, 1.82) is 0 Å². The van der Waals surface area contributed by atoms with Crippen molar-refractivity contribution in [1.82, 2.24) is 0 Å². The van der Waals surface area contributed by atoms with E-state index in [1.54, 1.807) is 0 Å². The number of fused-ring (bicyclic) bond motifs is 2. The Balaban J connectivity index is 1.31. The van der Waals surface area contributed by atoms with Gasteiger partial charge in [-0.25, -0.2) is 9.59 Å². The highest BCUT2D eigenvalue weighted by atomic mass is 16.6. The van der Waals surface area contributed by atoms with Crippen LogP contribution in [0.15, 0.2) is 47.6 Å². The topological polar surface area (TPSA) is 69.7 Å². The predicted molar refractivity (Wildman–Crippen MR) is 179 cm³/mol. The molecule has 5 fully saturated rings. The van der Waals surface area contributed by atoms with E-state index in [9.17, 15) is 14.4 Å². The minimum atomic E-state index is -0.769. The fraction of sp³-hybridized carbons (Fsp3) is 0.725. The van der Waals surface area contributed by atoms with Crippen LogP contribution in [0.2, 0.25) is 0 Å². The van der Waals surface area contributed by atoms with Crippen molar-refractivity contribution >= 4 is 18.2 Å². The van der Waals surface area contributed by atoms with Gasteiger partial charge in [0.15, 0.2) is 6.10 Å². The third kappa shape index (κ3) is 6.31. The lowest BCUT2D eigenvalue weighted by atomic mass is 9.47. The normalized spacial score (nSPS) is 38.7. The van der Waals surface area contributed by atoms with Gasteiger partial charge in [0.1, 0.15) is 12.9 Å². The Morgan fingerprint density at radius 3 is 1.93 bits per heavy atom. The Morgan fingerprint density at radius 2 is 1.40 bits per heavy atom. The van der Waals surface area contributed by atoms with E-state index in [0.717, 1.165) is 25.5 Å². The standard InChI is InChI=1S/C40H58O5/c1-26-11-17-33-37(3,4)20-9-22-39(33,7)30(26)15-13-28(19-24-41)35(42)45-32-25-44-36(43)29(32)14-16-31-27(2)12-18-34-38(5,6)21-10-23-40(31,34)8/h13-14,24,30-34H,1-2,9-12,15-23,25H2,3-8H3. The van der Waals surface area contributed by atoms with Gasteiger partial charge in [0.25, 0.3) is 0 Å². The summed E-state index contributed by atoms with van der Waals surface area (Å²) in [5, 5.41) is 0. The van der Waals surface area contributed by atoms with Gasteiger partial charge in [-0.05, 0) is 110 Å². The van der Waals surface area contributed by atoms with Crippen molar-refractivity contribution in [3.8, 4) is 0 Å². The highest BCUT2D eigenvalue weighted by Gasteiger charge is 2.54. The third-order valence-electron chi connectivity index (χ3n) is 13.6. The minimum absolute atomic E-state index is 0.0115. The van der Waals surface area contributed by atoms with Gasteiger partial charge in [-0.1, -0.05) is 90.8 Å². The van der Waals surface area contributed by atoms with E-state index >= 15 is 0 Å². The average molecular weight is 619 g/mol. The van der Waals surface area contributed by atoms with Gasteiger partial charge in [-0.2, -0.15) is 0 Å². The summed E-state index contributed by atoms with van der Waals surface area (Å²) in [6.45, 7) is 23.4. The van der Waals surface area contributed by atoms with E-state index in [-0.39, 0.29) is 41.1 Å². The number of hydrogen-bond acceptors (Lipinski definition) is 5. The summed E-state index contributed by atoms with van der Waals surface area (Å²) in [5.41, 5.74) is 4.13. The van der Waals surface area contributed by atoms with Crippen LogP contribution in [-0.2, 0) is 23.9 Å². The SMILES string of the molecule is C=C1CCC2C(C)(C)CCCC2(C)C1CC=C(CC=O)C(=O)OC1COC(=O)C1=CCC1C(=C)CCC2C(C)(C)CCCC12C. The van der Waals surface area contributed by atoms with Crippen molar-refractivity contribution in [3.63, 3.8) is 0 Å². The van der Waals surface area contributed by atoms with Crippen LogP contribution >= 0.6 is 0 Å². The number of allylic oxidation sites excluding steroid dienone is 4. The summed E-state index contributed by atoms with van der Waals surface area (Å²) in [4.78, 5) is 38.1. The molecular formula is C40H58O5. The van der Waals surface area contributed by atoms with Crippen LogP contribution in [0.3, 0.4) is 0 Å². The quantitative estimate of drug-likeness (QED) is 0.117. The molecule has 0 aromatic carbocycles. The van der Waals surface area contributed by atoms with Crippen LogP contribution in [0.25, 0.3) is 0 Å². The van der Waals surface area contributed by atoms with E-state index in [1.807, 2.05) is 12.2 Å². The first-order valence-corrected chi connectivity index (χ1v) is 17.7. The van der Waals surface area contributed by atoms with Crippen molar-refractivity contribution in [2.75, 3.05) is 6.61 Å². The largest absolute Gasteiger partial charge is 0.458 e. The van der Waals surface area contributed by atoms with Gasteiger partial charge in [-0.15, -0.1) is 0 Å². The molecule has 4 saturated carbocycles. The smallest absolute Gasteiger partial charge is 0.337 e. The third-order valence-corrected chi connectivity index (χ3v) is 13.6. The van der Waals surface area contributed by atoms with Gasteiger partial charge in [0, 0.05) is 12.0 Å². The van der Waals surface area contributed by atoms with Crippen molar-refractivity contribution in [2.24, 2.45) is 45.3 Å². The van der Waals surface area contributed by atoms with Gasteiger partial charge in [-0.3, -0.25) is 0 Å². The van der Waals surface area contributed by atoms with Gasteiger partial charge < -0.3 is 14.3 Å². The monoisotopic (exact) mass is 618 g/mol. The van der Waals surface area contributed by atoms with Crippen LogP contribution in [0.4, 0.5) is 0 Å². The molecule has 5 heteroatoms. The molecule has 1 aliphatic heterocycles. The molecule has 5 rings (SSSR count). The molecule has 5 nitrogen and oxygen atoms in total. The van der Waals surface area contributed by atoms with E-state index in [1.165, 1.54) is 56.1 Å². The van der Waals surface area contributed by atoms with E-state index in [0.29, 0.717) is 41.2 Å². The number of cyclic esters (lactones) is 1. The Morgan fingerprint density at radius 1 is 0.867 bits per heavy atom. The van der Waals surface area contributed by atoms with E-state index in [4.69, 9.17) is 9.47 Å². The Labute approximate surface area is 272 Å². The van der Waals surface area contributed by atoms with E-state index in [2.05, 4.69) is 54.7 Å². The first-order chi connectivity index (χ1) is 21.1. The summed E-state index contributed by atoms with van der Waals surface area (Å²) in [6.07, 6.45) is 16.8. The second-order valence-electron chi connectivity index (χ2n) is 17.0. The molecule has 0 aromatic rings. The van der Waals surface area contributed by atoms with Crippen LogP contribution in [-0.4, -0.2) is 30.9 Å². The summed E-state index contributed by atoms with van der Waals surface area (Å²) in [5.74, 6) is 0.804. The fourth-order valence-corrected chi connectivity index (χ4v) is 11.2. The Kier molecular flexibility index (Phi) is 9.53. The molecule has 4 aliphatic carbocycles. The number of carbonyl (C=O) groups is 3. The van der Waals surface area contributed by atoms with E-state index < -0.39 is 18.0 Å². The molecule has 7 unspecified atom stereocenters. The first-order valence-electron chi connectivity index (χ1n) is 17.7. The fourth-order valence-electron chi connectivity index (χ4n) is 11.2. The number of rotatable bonds is 8. The first kappa shape index (κ1) is 33.9. The predicted octanol–water partition coefficient (Wildman–Crippen LogP) is 9.27. The minimum Gasteiger partial charge on any atom is -0.458 e. The second-order valence-corrected chi connectivity index (χ2v) is 17.0. The van der Waals surface area contributed by atoms with Crippen LogP contribution in [0.1, 0.15) is 125 Å². The summed E-state index contributed by atoms with van der Waals surface area (Å²) in [6, 6.07) is 0. The van der Waals surface area contributed by atoms with Crippen LogP contribution < -0.4 is 0 Å². The zero-order chi connectivity index (χ0) is 32.8. The molecular weight excluding hydrogens is 560 g/mol. The lowest BCUT2D eigenvalue weighted by Crippen LogP contribution is -2.49. The lowest BCUT2D eigenvalue weighted by Gasteiger charge is -2.58. The highest BCUT2D eigenvalue weighted by molar-refractivity contribution is 5.95. The molecule has 1 saturated heterocycles. The maximum absolute atomic E-state index is 13.5. The van der Waals surface area contributed by atoms with Gasteiger partial charge >= 0.3 is 11.9 Å². The summed E-state index contributed by atoms with van der Waals surface area (Å²) >= 11 is 0. The molecule has 45 heavy (non-hydrogen) atoms. The molecule has 248 valence electrons. The molecule has 5 aliphatic rings. The van der Waals surface area contributed by atoms with Gasteiger partial charge in [0.05, 0.1) is 5.57 Å². The van der Waals surface area contributed by atoms with Crippen LogP contribution in [0, 0.1) is 45.3 Å². The number of hydrogen-bond donors (Lipinski definition) is 0. The highest BCUT2D eigenvalue weighted by Crippen LogP contribution is 2.63. The van der Waals surface area contributed by atoms with Crippen molar-refractivity contribution < 1.29 is 23.9 Å². The van der Waals surface area contributed by atoms with Crippen LogP contribution in [0.5, 0.6) is 0 Å². The zero-order valence-corrected chi connectivity index (χ0v) is 29.0. The van der Waals surface area contributed by atoms with Gasteiger partial charge in [0.2, 0.25) is 0 Å². The Hall–Kier alpha value is -2.43. The molecule has 0 spiro atoms. The maximum Gasteiger partial charge on any atom is 0.337 e. The number of esters is 2. The molecule has 0 N–H and O–H groups in total. The molecule has 0 bridgehead atoms. The molecule has 0 radical (unpaired) electrons. The molecule has 7 atom stereocenters. The number of carbonyl (C=O) groups excluding carboxylic acids is 3. The van der Waals surface area contributed by atoms with Crippen molar-refractivity contribution in [2.45, 2.75) is 131 Å². The molecule has 0 aromatic heterocycles. The zero-order valence-electron chi connectivity index (χ0n) is 29.0. The average Bonchev–Trinajstić information content (AvgIpc) is 3.28. The van der Waals surface area contributed by atoms with Crippen molar-refractivity contribution in [3.05, 3.63) is 47.6 Å². The summed E-state index contributed by atoms with van der Waals surface area (Å²) in [7, 11) is 0.